The van der Waals surface area contributed by atoms with Crippen LogP contribution in [-0.2, 0) is 13.0 Å². The Kier molecular flexibility index (Phi) is 3.48. The Balaban J connectivity index is 1.99. The topological polar surface area (TPSA) is 38.9 Å². The third-order valence-corrected chi connectivity index (χ3v) is 3.63. The average Bonchev–Trinajstić information content (AvgIpc) is 2.49. The van der Waals surface area contributed by atoms with Gasteiger partial charge in [0.1, 0.15) is 0 Å². The first-order chi connectivity index (χ1) is 9.76. The van der Waals surface area contributed by atoms with Crippen molar-refractivity contribution in [3.05, 3.63) is 77.1 Å². The minimum Gasteiger partial charge on any atom is -0.326 e. The number of pyridine rings is 1. The van der Waals surface area contributed by atoms with Crippen molar-refractivity contribution in [2.75, 3.05) is 0 Å². The van der Waals surface area contributed by atoms with Crippen molar-refractivity contribution in [3.63, 3.8) is 0 Å². The SMILES string of the molecule is Cc1ccc2ccnc(Cc3ccc(CN)cc3)c2c1. The van der Waals surface area contributed by atoms with Crippen LogP contribution < -0.4 is 5.73 Å². The smallest absolute Gasteiger partial charge is 0.0525 e. The van der Waals surface area contributed by atoms with Gasteiger partial charge in [-0.25, -0.2) is 0 Å². The van der Waals surface area contributed by atoms with Crippen LogP contribution in [0.4, 0.5) is 0 Å². The Morgan fingerprint density at radius 3 is 2.45 bits per heavy atom. The van der Waals surface area contributed by atoms with Crippen molar-refractivity contribution in [1.82, 2.24) is 4.98 Å². The van der Waals surface area contributed by atoms with Crippen molar-refractivity contribution in [3.8, 4) is 0 Å². The lowest BCUT2D eigenvalue weighted by molar-refractivity contribution is 1.05. The normalized spacial score (nSPS) is 10.9. The van der Waals surface area contributed by atoms with E-state index in [-0.39, 0.29) is 0 Å². The number of aryl methyl sites for hydroxylation is 1. The molecule has 1 heterocycles. The average molecular weight is 262 g/mol. The number of nitrogens with two attached hydrogens (primary N) is 1. The molecule has 100 valence electrons. The molecule has 0 fully saturated rings. The molecule has 0 atom stereocenters. The number of benzene rings is 2. The van der Waals surface area contributed by atoms with E-state index in [9.17, 15) is 0 Å². The van der Waals surface area contributed by atoms with Crippen LogP contribution in [0.1, 0.15) is 22.4 Å². The van der Waals surface area contributed by atoms with Crippen LogP contribution >= 0.6 is 0 Å². The largest absolute Gasteiger partial charge is 0.326 e. The van der Waals surface area contributed by atoms with Crippen molar-refractivity contribution >= 4 is 10.8 Å². The van der Waals surface area contributed by atoms with Crippen molar-refractivity contribution in [1.29, 1.82) is 0 Å². The number of hydrogen-bond acceptors (Lipinski definition) is 2. The Bertz CT molecular complexity index is 730. The highest BCUT2D eigenvalue weighted by molar-refractivity contribution is 5.85. The van der Waals surface area contributed by atoms with Gasteiger partial charge >= 0.3 is 0 Å². The summed E-state index contributed by atoms with van der Waals surface area (Å²) in [4.78, 5) is 4.56. The number of hydrogen-bond donors (Lipinski definition) is 1. The third-order valence-electron chi connectivity index (χ3n) is 3.63. The van der Waals surface area contributed by atoms with Gasteiger partial charge in [-0.1, -0.05) is 42.0 Å². The van der Waals surface area contributed by atoms with Gasteiger partial charge in [0.05, 0.1) is 5.69 Å². The molecule has 2 heteroatoms. The molecule has 2 N–H and O–H groups in total. The fourth-order valence-electron chi connectivity index (χ4n) is 2.47. The molecule has 0 spiro atoms. The Morgan fingerprint density at radius 2 is 1.70 bits per heavy atom. The summed E-state index contributed by atoms with van der Waals surface area (Å²) in [5.74, 6) is 0. The molecule has 0 bridgehead atoms. The molecule has 3 rings (SSSR count). The summed E-state index contributed by atoms with van der Waals surface area (Å²) < 4.78 is 0. The lowest BCUT2D eigenvalue weighted by atomic mass is 10.0. The Hall–Kier alpha value is -2.19. The zero-order chi connectivity index (χ0) is 13.9. The van der Waals surface area contributed by atoms with Crippen LogP contribution in [0.25, 0.3) is 10.8 Å². The summed E-state index contributed by atoms with van der Waals surface area (Å²) in [7, 11) is 0. The molecule has 0 radical (unpaired) electrons. The third kappa shape index (κ3) is 2.56. The molecule has 0 aliphatic rings. The summed E-state index contributed by atoms with van der Waals surface area (Å²) in [5, 5.41) is 2.49. The highest BCUT2D eigenvalue weighted by atomic mass is 14.7. The Labute approximate surface area is 119 Å². The van der Waals surface area contributed by atoms with Gasteiger partial charge in [-0.05, 0) is 35.6 Å². The van der Waals surface area contributed by atoms with Gasteiger partial charge in [0.2, 0.25) is 0 Å². The van der Waals surface area contributed by atoms with Crippen LogP contribution in [-0.4, -0.2) is 4.98 Å². The lowest BCUT2D eigenvalue weighted by Gasteiger charge is -2.07. The zero-order valence-electron chi connectivity index (χ0n) is 11.6. The minimum absolute atomic E-state index is 0.589. The van der Waals surface area contributed by atoms with E-state index >= 15 is 0 Å². The van der Waals surface area contributed by atoms with E-state index in [0.717, 1.165) is 17.7 Å². The van der Waals surface area contributed by atoms with Crippen molar-refractivity contribution in [2.45, 2.75) is 19.9 Å². The quantitative estimate of drug-likeness (QED) is 0.783. The second-order valence-electron chi connectivity index (χ2n) is 5.18. The minimum atomic E-state index is 0.589. The van der Waals surface area contributed by atoms with Gasteiger partial charge in [0.25, 0.3) is 0 Å². The van der Waals surface area contributed by atoms with E-state index < -0.39 is 0 Å². The van der Waals surface area contributed by atoms with Gasteiger partial charge in [0, 0.05) is 24.5 Å². The van der Waals surface area contributed by atoms with E-state index in [1.165, 1.54) is 21.9 Å². The van der Waals surface area contributed by atoms with Gasteiger partial charge in [-0.15, -0.1) is 0 Å². The second-order valence-corrected chi connectivity index (χ2v) is 5.18. The van der Waals surface area contributed by atoms with Crippen molar-refractivity contribution in [2.24, 2.45) is 5.73 Å². The van der Waals surface area contributed by atoms with Crippen LogP contribution in [0.3, 0.4) is 0 Å². The maximum atomic E-state index is 5.63. The van der Waals surface area contributed by atoms with Crippen LogP contribution in [0.2, 0.25) is 0 Å². The monoisotopic (exact) mass is 262 g/mol. The summed E-state index contributed by atoms with van der Waals surface area (Å²) in [5.41, 5.74) is 10.5. The summed E-state index contributed by atoms with van der Waals surface area (Å²) >= 11 is 0. The van der Waals surface area contributed by atoms with Gasteiger partial charge in [0.15, 0.2) is 0 Å². The maximum Gasteiger partial charge on any atom is 0.0525 e. The molecule has 20 heavy (non-hydrogen) atoms. The molecule has 0 amide bonds. The lowest BCUT2D eigenvalue weighted by Crippen LogP contribution is -1.97. The molecular formula is C18H18N2. The van der Waals surface area contributed by atoms with E-state index in [1.807, 2.05) is 6.20 Å². The van der Waals surface area contributed by atoms with Crippen molar-refractivity contribution < 1.29 is 0 Å². The van der Waals surface area contributed by atoms with Crippen LogP contribution in [0.15, 0.2) is 54.7 Å². The number of aromatic nitrogens is 1. The first kappa shape index (κ1) is 12.8. The van der Waals surface area contributed by atoms with E-state index in [0.29, 0.717) is 6.54 Å². The summed E-state index contributed by atoms with van der Waals surface area (Å²) in [6.07, 6.45) is 2.74. The number of fused-ring (bicyclic) bond motifs is 1. The summed E-state index contributed by atoms with van der Waals surface area (Å²) in [6.45, 7) is 2.71. The second kappa shape index (κ2) is 5.43. The Morgan fingerprint density at radius 1 is 0.950 bits per heavy atom. The van der Waals surface area contributed by atoms with E-state index in [4.69, 9.17) is 5.73 Å². The molecule has 0 saturated carbocycles. The first-order valence-electron chi connectivity index (χ1n) is 6.88. The molecular weight excluding hydrogens is 244 g/mol. The molecule has 2 aromatic carbocycles. The van der Waals surface area contributed by atoms with Crippen LogP contribution in [0.5, 0.6) is 0 Å². The molecule has 3 aromatic rings. The fourth-order valence-corrected chi connectivity index (χ4v) is 2.47. The molecule has 0 aliphatic carbocycles. The standard InChI is InChI=1S/C18H18N2/c1-13-2-7-16-8-9-20-18(17(16)10-13)11-14-3-5-15(12-19)6-4-14/h2-10H,11-12,19H2,1H3. The summed E-state index contributed by atoms with van der Waals surface area (Å²) in [6, 6.07) is 17.0. The maximum absolute atomic E-state index is 5.63. The first-order valence-corrected chi connectivity index (χ1v) is 6.88. The molecule has 1 aromatic heterocycles. The van der Waals surface area contributed by atoms with Gasteiger partial charge in [-0.3, -0.25) is 4.98 Å². The van der Waals surface area contributed by atoms with Gasteiger partial charge < -0.3 is 5.73 Å². The molecule has 0 aliphatic heterocycles. The predicted molar refractivity (Wildman–Crippen MR) is 83.6 cm³/mol. The molecule has 2 nitrogen and oxygen atoms in total. The van der Waals surface area contributed by atoms with E-state index in [1.54, 1.807) is 0 Å². The predicted octanol–water partition coefficient (Wildman–Crippen LogP) is 3.59. The highest BCUT2D eigenvalue weighted by Crippen LogP contribution is 2.21. The van der Waals surface area contributed by atoms with E-state index in [2.05, 4.69) is 60.4 Å². The number of nitrogens with zero attached hydrogens (tertiary/aromatic N) is 1. The highest BCUT2D eigenvalue weighted by Gasteiger charge is 2.04. The zero-order valence-corrected chi connectivity index (χ0v) is 11.6. The van der Waals surface area contributed by atoms with Gasteiger partial charge in [-0.2, -0.15) is 0 Å². The molecule has 0 unspecified atom stereocenters. The van der Waals surface area contributed by atoms with Crippen LogP contribution in [0, 0.1) is 6.92 Å². The molecule has 0 saturated heterocycles. The number of rotatable bonds is 3. The fraction of sp³-hybridized carbons (Fsp3) is 0.167.